The Bertz CT molecular complexity index is 1690. The first kappa shape index (κ1) is 57.4. The molecule has 0 bridgehead atoms. The van der Waals surface area contributed by atoms with E-state index < -0.39 is 146 Å². The first-order valence-corrected chi connectivity index (χ1v) is 22.6. The molecule has 1 rings (SSSR count). The molecule has 1 saturated heterocycles. The second-order valence-corrected chi connectivity index (χ2v) is 16.8. The van der Waals surface area contributed by atoms with Crippen molar-refractivity contribution >= 4 is 76.9 Å². The summed E-state index contributed by atoms with van der Waals surface area (Å²) in [6.45, 7) is 3.58. The van der Waals surface area contributed by atoms with Crippen molar-refractivity contribution in [2.45, 2.75) is 133 Å². The lowest BCUT2D eigenvalue weighted by atomic mass is 10.0. The summed E-state index contributed by atoms with van der Waals surface area (Å²) in [5, 5.41) is 55.2. The summed E-state index contributed by atoms with van der Waals surface area (Å²) in [4.78, 5) is 142. The van der Waals surface area contributed by atoms with Gasteiger partial charge in [-0.2, -0.15) is 11.8 Å². The predicted molar refractivity (Wildman–Crippen MR) is 232 cm³/mol. The average Bonchev–Trinajstić information content (AvgIpc) is 3.74. The standard InChI is InChI=1S/C39H66N10O15S/c1-20(2)16-25(43-29(51)18-41)35(59)42-21(3)32(56)44-23(10-11-30(52)53)34(58)47-26(17-31(54)55)36(60)48-27(19-50)38(62)49-14-7-9-28(49)37(61)45-22(8-5-6-13-40)33(57)46-24(39(63)64)12-15-65-4/h20-28,50H,5-19,40-41H2,1-4H3,(H,42,59)(H,43,51)(H,44,56)(H,45,61)(H,46,57)(H,47,58)(H,48,60)(H,52,53)(H,54,55)(H,63,64)/t21-,22-,23-,24-,25-,26-,27-,28-/m0/s1. The topological polar surface area (TPSA) is 408 Å². The Labute approximate surface area is 380 Å². The maximum absolute atomic E-state index is 13.8. The molecule has 8 amide bonds. The number of nitrogens with two attached hydrogens (primary N) is 2. The number of likely N-dealkylation sites (tertiary alicyclic amines) is 1. The largest absolute Gasteiger partial charge is 0.481 e. The minimum Gasteiger partial charge on any atom is -0.481 e. The van der Waals surface area contributed by atoms with E-state index in [0.717, 1.165) is 4.90 Å². The van der Waals surface area contributed by atoms with E-state index in [9.17, 15) is 73.2 Å². The Hall–Kier alpha value is -5.60. The number of aliphatic carboxylic acids is 3. The van der Waals surface area contributed by atoms with Crippen LogP contribution in [0.25, 0.3) is 0 Å². The number of hydrogen-bond donors (Lipinski definition) is 13. The van der Waals surface area contributed by atoms with Crippen LogP contribution in [-0.4, -0.2) is 177 Å². The molecule has 15 N–H and O–H groups in total. The van der Waals surface area contributed by atoms with Crippen molar-refractivity contribution in [3.8, 4) is 0 Å². The van der Waals surface area contributed by atoms with Crippen molar-refractivity contribution < 1.29 is 73.2 Å². The van der Waals surface area contributed by atoms with Gasteiger partial charge in [0, 0.05) is 13.0 Å². The summed E-state index contributed by atoms with van der Waals surface area (Å²) in [7, 11) is 0. The smallest absolute Gasteiger partial charge is 0.326 e. The third-order valence-corrected chi connectivity index (χ3v) is 10.7. The highest BCUT2D eigenvalue weighted by Crippen LogP contribution is 2.20. The van der Waals surface area contributed by atoms with E-state index in [2.05, 4.69) is 37.2 Å². The van der Waals surface area contributed by atoms with E-state index in [1.807, 2.05) is 0 Å². The number of aliphatic hydroxyl groups excluding tert-OH is 1. The van der Waals surface area contributed by atoms with Crippen molar-refractivity contribution in [3.63, 3.8) is 0 Å². The van der Waals surface area contributed by atoms with E-state index in [-0.39, 0.29) is 51.1 Å². The van der Waals surface area contributed by atoms with E-state index in [0.29, 0.717) is 18.6 Å². The lowest BCUT2D eigenvalue weighted by molar-refractivity contribution is -0.145. The minimum atomic E-state index is -1.97. The maximum Gasteiger partial charge on any atom is 0.326 e. The number of carboxylic acid groups (broad SMARTS) is 3. The Balaban J connectivity index is 3.23. The first-order chi connectivity index (χ1) is 30.6. The zero-order valence-corrected chi connectivity index (χ0v) is 37.9. The molecule has 8 atom stereocenters. The molecule has 0 aromatic heterocycles. The van der Waals surface area contributed by atoms with Gasteiger partial charge in [-0.15, -0.1) is 0 Å². The zero-order valence-electron chi connectivity index (χ0n) is 37.1. The predicted octanol–water partition coefficient (Wildman–Crippen LogP) is -4.31. The molecule has 26 heteroatoms. The van der Waals surface area contributed by atoms with Gasteiger partial charge in [0.05, 0.1) is 19.6 Å². The molecule has 1 aliphatic heterocycles. The number of amides is 8. The molecule has 0 radical (unpaired) electrons. The number of nitrogens with one attached hydrogen (secondary N) is 7. The fourth-order valence-electron chi connectivity index (χ4n) is 6.58. The Morgan fingerprint density at radius 3 is 1.77 bits per heavy atom. The molecule has 0 aromatic carbocycles. The molecule has 0 spiro atoms. The molecule has 25 nitrogen and oxygen atoms in total. The summed E-state index contributed by atoms with van der Waals surface area (Å²) in [6, 6.07) is -11.6. The summed E-state index contributed by atoms with van der Waals surface area (Å²) in [5.41, 5.74) is 10.9. The normalized spacial score (nSPS) is 16.6. The van der Waals surface area contributed by atoms with E-state index in [1.54, 1.807) is 20.1 Å². The number of unbranched alkanes of at least 4 members (excludes halogenated alkanes) is 1. The Kier molecular flexibility index (Phi) is 26.3. The highest BCUT2D eigenvalue weighted by molar-refractivity contribution is 7.98. The summed E-state index contributed by atoms with van der Waals surface area (Å²) >= 11 is 1.38. The van der Waals surface area contributed by atoms with Crippen LogP contribution < -0.4 is 48.7 Å². The third-order valence-electron chi connectivity index (χ3n) is 10.0. The van der Waals surface area contributed by atoms with Crippen LogP contribution >= 0.6 is 11.8 Å². The van der Waals surface area contributed by atoms with Gasteiger partial charge < -0.3 is 74.0 Å². The van der Waals surface area contributed by atoms with Crippen LogP contribution in [0.2, 0.25) is 0 Å². The van der Waals surface area contributed by atoms with Crippen LogP contribution in [0.1, 0.15) is 85.0 Å². The molecule has 368 valence electrons. The molecule has 1 fully saturated rings. The number of nitrogens with zero attached hydrogens (tertiary/aromatic N) is 1. The molecular weight excluding hydrogens is 881 g/mol. The fourth-order valence-corrected chi connectivity index (χ4v) is 7.05. The second-order valence-electron chi connectivity index (χ2n) is 15.8. The van der Waals surface area contributed by atoms with Gasteiger partial charge >= 0.3 is 17.9 Å². The number of carbonyl (C=O) groups is 11. The number of carboxylic acids is 3. The molecule has 1 aliphatic rings. The minimum absolute atomic E-state index is 0.0387. The highest BCUT2D eigenvalue weighted by Gasteiger charge is 2.40. The van der Waals surface area contributed by atoms with Gasteiger partial charge in [0.1, 0.15) is 48.3 Å². The number of hydrogen-bond acceptors (Lipinski definition) is 15. The number of rotatable bonds is 31. The van der Waals surface area contributed by atoms with Crippen molar-refractivity contribution in [1.82, 2.24) is 42.1 Å². The fraction of sp³-hybridized carbons (Fsp3) is 0.718. The SMILES string of the molecule is CSCC[C@H](NC(=O)[C@H](CCCCN)NC(=O)[C@@H]1CCCN1C(=O)[C@H](CO)NC(=O)[C@H](CC(=O)O)NC(=O)[C@H](CCC(=O)O)NC(=O)[C@H](C)NC(=O)[C@H](CC(C)C)NC(=O)CN)C(=O)O. The van der Waals surface area contributed by atoms with Gasteiger partial charge in [0.2, 0.25) is 47.3 Å². The van der Waals surface area contributed by atoms with Crippen LogP contribution in [0.15, 0.2) is 0 Å². The van der Waals surface area contributed by atoms with Crippen LogP contribution in [0.3, 0.4) is 0 Å². The Morgan fingerprint density at radius 2 is 1.23 bits per heavy atom. The Morgan fingerprint density at radius 1 is 0.662 bits per heavy atom. The maximum atomic E-state index is 13.8. The number of thioether (sulfide) groups is 1. The third kappa shape index (κ3) is 20.8. The number of aliphatic hydroxyl groups is 1. The van der Waals surface area contributed by atoms with Gasteiger partial charge in [-0.05, 0) is 82.8 Å². The summed E-state index contributed by atoms with van der Waals surface area (Å²) in [5.74, 6) is -11.3. The van der Waals surface area contributed by atoms with Gasteiger partial charge in [0.15, 0.2) is 0 Å². The zero-order chi connectivity index (χ0) is 49.4. The average molecular weight is 947 g/mol. The lowest BCUT2D eigenvalue weighted by Crippen LogP contribution is -2.60. The van der Waals surface area contributed by atoms with Gasteiger partial charge in [-0.1, -0.05) is 13.8 Å². The second kappa shape index (κ2) is 29.8. The van der Waals surface area contributed by atoms with E-state index in [1.165, 1.54) is 18.7 Å². The molecular formula is C39H66N10O15S. The van der Waals surface area contributed by atoms with E-state index >= 15 is 0 Å². The van der Waals surface area contributed by atoms with Crippen LogP contribution in [0.4, 0.5) is 0 Å². The molecule has 0 aromatic rings. The lowest BCUT2D eigenvalue weighted by Gasteiger charge is -2.30. The van der Waals surface area contributed by atoms with Gasteiger partial charge in [-0.3, -0.25) is 47.9 Å². The molecule has 1 heterocycles. The number of carbonyl (C=O) groups excluding carboxylic acids is 8. The van der Waals surface area contributed by atoms with Crippen LogP contribution in [0.5, 0.6) is 0 Å². The van der Waals surface area contributed by atoms with Gasteiger partial charge in [-0.25, -0.2) is 4.79 Å². The first-order valence-electron chi connectivity index (χ1n) is 21.2. The van der Waals surface area contributed by atoms with Crippen molar-refractivity contribution in [3.05, 3.63) is 0 Å². The van der Waals surface area contributed by atoms with Crippen LogP contribution in [-0.2, 0) is 52.7 Å². The molecule has 0 saturated carbocycles. The molecule has 0 unspecified atom stereocenters. The highest BCUT2D eigenvalue weighted by atomic mass is 32.2. The van der Waals surface area contributed by atoms with Crippen molar-refractivity contribution in [2.24, 2.45) is 17.4 Å². The quantitative estimate of drug-likeness (QED) is 0.0292. The summed E-state index contributed by atoms with van der Waals surface area (Å²) in [6.07, 6.45) is 1.04. The monoisotopic (exact) mass is 946 g/mol. The van der Waals surface area contributed by atoms with Gasteiger partial charge in [0.25, 0.3) is 0 Å². The summed E-state index contributed by atoms with van der Waals surface area (Å²) < 4.78 is 0. The van der Waals surface area contributed by atoms with Crippen LogP contribution in [0, 0.1) is 5.92 Å². The molecule has 65 heavy (non-hydrogen) atoms. The van der Waals surface area contributed by atoms with Crippen molar-refractivity contribution in [2.75, 3.05) is 38.2 Å². The van der Waals surface area contributed by atoms with Crippen molar-refractivity contribution in [1.29, 1.82) is 0 Å². The molecule has 0 aliphatic carbocycles. The van der Waals surface area contributed by atoms with E-state index in [4.69, 9.17) is 11.5 Å².